The summed E-state index contributed by atoms with van der Waals surface area (Å²) in [4.78, 5) is 19.5. The lowest BCUT2D eigenvalue weighted by molar-refractivity contribution is 0.210. The molecule has 1 fully saturated rings. The summed E-state index contributed by atoms with van der Waals surface area (Å²) in [6.07, 6.45) is 9.00. The minimum atomic E-state index is -0.264. The molecule has 1 N–H and O–H groups in total. The van der Waals surface area contributed by atoms with Crippen molar-refractivity contribution in [3.8, 4) is 11.5 Å². The summed E-state index contributed by atoms with van der Waals surface area (Å²) >= 11 is 0. The summed E-state index contributed by atoms with van der Waals surface area (Å²) in [6, 6.07) is 11.0. The van der Waals surface area contributed by atoms with Gasteiger partial charge in [-0.1, -0.05) is 38.3 Å². The van der Waals surface area contributed by atoms with Crippen LogP contribution < -0.4 is 19.7 Å². The highest BCUT2D eigenvalue weighted by Crippen LogP contribution is 2.31. The molecule has 32 heavy (non-hydrogen) atoms. The maximum absolute atomic E-state index is 13.1. The number of pyridine rings is 1. The molecule has 0 radical (unpaired) electrons. The van der Waals surface area contributed by atoms with Crippen LogP contribution in [0.15, 0.2) is 42.6 Å². The van der Waals surface area contributed by atoms with E-state index in [2.05, 4.69) is 5.32 Å². The Hall–Kier alpha value is -3.22. The predicted octanol–water partition coefficient (Wildman–Crippen LogP) is 5.53. The molecule has 2 heterocycles. The number of aromatic nitrogens is 2. The number of carbonyl (C=O) groups is 1. The third kappa shape index (κ3) is 4.52. The van der Waals surface area contributed by atoms with Gasteiger partial charge in [-0.05, 0) is 49.4 Å². The number of hydrogen-bond acceptors (Lipinski definition) is 4. The number of nitrogens with zero attached hydrogens (tertiary/aromatic N) is 3. The van der Waals surface area contributed by atoms with Crippen molar-refractivity contribution < 1.29 is 14.3 Å². The van der Waals surface area contributed by atoms with Crippen molar-refractivity contribution in [2.24, 2.45) is 5.92 Å². The van der Waals surface area contributed by atoms with Crippen molar-refractivity contribution in [1.82, 2.24) is 9.38 Å². The predicted molar refractivity (Wildman–Crippen MR) is 127 cm³/mol. The van der Waals surface area contributed by atoms with E-state index < -0.39 is 0 Å². The number of aryl methyl sites for hydroxylation is 1. The quantitative estimate of drug-likeness (QED) is 0.529. The Morgan fingerprint density at radius 1 is 1.16 bits per heavy atom. The molecule has 1 aliphatic carbocycles. The van der Waals surface area contributed by atoms with Gasteiger partial charge >= 0.3 is 6.03 Å². The molecule has 0 bridgehead atoms. The van der Waals surface area contributed by atoms with Crippen molar-refractivity contribution >= 4 is 23.2 Å². The van der Waals surface area contributed by atoms with E-state index in [4.69, 9.17) is 14.5 Å². The summed E-state index contributed by atoms with van der Waals surface area (Å²) in [7, 11) is 3.34. The summed E-state index contributed by atoms with van der Waals surface area (Å²) in [5.41, 5.74) is 2.21. The Bertz CT molecular complexity index is 1070. The lowest BCUT2D eigenvalue weighted by atomic mass is 9.90. The Kier molecular flexibility index (Phi) is 6.83. The zero-order valence-corrected chi connectivity index (χ0v) is 19.1. The number of benzene rings is 1. The summed E-state index contributed by atoms with van der Waals surface area (Å²) < 4.78 is 13.5. The van der Waals surface area contributed by atoms with Crippen molar-refractivity contribution in [1.29, 1.82) is 0 Å². The third-order valence-electron chi connectivity index (χ3n) is 6.16. The number of nitrogens with one attached hydrogen (secondary N) is 1. The number of ether oxygens (including phenoxy) is 2. The van der Waals surface area contributed by atoms with E-state index in [-0.39, 0.29) is 6.03 Å². The van der Waals surface area contributed by atoms with Gasteiger partial charge < -0.3 is 14.8 Å². The van der Waals surface area contributed by atoms with E-state index in [1.165, 1.54) is 32.1 Å². The van der Waals surface area contributed by atoms with Gasteiger partial charge in [0.05, 0.1) is 25.1 Å². The minimum Gasteiger partial charge on any atom is -0.495 e. The Balaban J connectivity index is 1.59. The highest BCUT2D eigenvalue weighted by atomic mass is 16.5. The molecule has 4 rings (SSSR count). The maximum atomic E-state index is 13.1. The van der Waals surface area contributed by atoms with Crippen LogP contribution in [0.1, 0.15) is 44.7 Å². The van der Waals surface area contributed by atoms with E-state index in [1.54, 1.807) is 19.1 Å². The van der Waals surface area contributed by atoms with Crippen LogP contribution in [0.5, 0.6) is 11.5 Å². The second-order valence-electron chi connectivity index (χ2n) is 8.31. The van der Waals surface area contributed by atoms with Crippen molar-refractivity contribution in [2.45, 2.75) is 45.4 Å². The highest BCUT2D eigenvalue weighted by Gasteiger charge is 2.23. The zero-order chi connectivity index (χ0) is 22.5. The van der Waals surface area contributed by atoms with E-state index in [9.17, 15) is 4.79 Å². The highest BCUT2D eigenvalue weighted by molar-refractivity contribution is 6.02. The van der Waals surface area contributed by atoms with Gasteiger partial charge in [0.15, 0.2) is 11.4 Å². The van der Waals surface area contributed by atoms with Gasteiger partial charge in [-0.15, -0.1) is 0 Å². The van der Waals surface area contributed by atoms with Crippen LogP contribution in [0.2, 0.25) is 0 Å². The number of rotatable bonds is 7. The molecule has 0 atom stereocenters. The molecule has 7 nitrogen and oxygen atoms in total. The number of carbonyl (C=O) groups excluding carboxylic acids is 1. The van der Waals surface area contributed by atoms with Gasteiger partial charge in [-0.3, -0.25) is 9.30 Å². The number of fused-ring (bicyclic) bond motifs is 1. The summed E-state index contributed by atoms with van der Waals surface area (Å²) in [5, 5.41) is 2.94. The fourth-order valence-corrected chi connectivity index (χ4v) is 4.39. The van der Waals surface area contributed by atoms with Crippen LogP contribution in [-0.2, 0) is 6.42 Å². The molecular weight excluding hydrogens is 404 g/mol. The average molecular weight is 437 g/mol. The van der Waals surface area contributed by atoms with Crippen LogP contribution in [0.25, 0.3) is 5.65 Å². The fraction of sp³-hybridized carbons (Fsp3) is 0.440. The first-order valence-electron chi connectivity index (χ1n) is 11.4. The lowest BCUT2D eigenvalue weighted by Gasteiger charge is -2.22. The zero-order valence-electron chi connectivity index (χ0n) is 19.1. The monoisotopic (exact) mass is 436 g/mol. The standard InChI is InChI=1S/C25H32N4O3/c1-4-19-24(28(2)25(30)27-20-13-8-9-14-21(20)31-3)29-16-10-15-22(23(29)26-19)32-17-18-11-6-5-7-12-18/h8-10,13-16,18H,4-7,11-12,17H2,1-3H3,(H,27,30). The SMILES string of the molecule is CCc1nc2c(OCC3CCCCC3)cccn2c1N(C)C(=O)Nc1ccccc1OC. The van der Waals surface area contributed by atoms with Crippen LogP contribution in [-0.4, -0.2) is 36.2 Å². The van der Waals surface area contributed by atoms with Gasteiger partial charge in [-0.25, -0.2) is 9.78 Å². The van der Waals surface area contributed by atoms with Crippen LogP contribution in [0.3, 0.4) is 0 Å². The smallest absolute Gasteiger partial charge is 0.327 e. The number of amides is 2. The average Bonchev–Trinajstić information content (AvgIpc) is 3.22. The fourth-order valence-electron chi connectivity index (χ4n) is 4.39. The van der Waals surface area contributed by atoms with E-state index in [1.807, 2.05) is 53.9 Å². The van der Waals surface area contributed by atoms with Crippen molar-refractivity contribution in [2.75, 3.05) is 31.0 Å². The molecule has 1 aliphatic rings. The first-order valence-corrected chi connectivity index (χ1v) is 11.4. The van der Waals surface area contributed by atoms with Crippen LogP contribution in [0.4, 0.5) is 16.3 Å². The maximum Gasteiger partial charge on any atom is 0.327 e. The molecule has 2 amide bonds. The first-order chi connectivity index (χ1) is 15.6. The van der Waals surface area contributed by atoms with Gasteiger partial charge in [0.25, 0.3) is 0 Å². The molecule has 1 aromatic carbocycles. The molecule has 0 unspecified atom stereocenters. The van der Waals surface area contributed by atoms with Gasteiger partial charge in [0, 0.05) is 13.2 Å². The number of imidazole rings is 1. The molecule has 0 saturated heterocycles. The first kappa shape index (κ1) is 22.0. The topological polar surface area (TPSA) is 68.1 Å². The van der Waals surface area contributed by atoms with E-state index in [0.717, 1.165) is 22.9 Å². The van der Waals surface area contributed by atoms with Gasteiger partial charge in [0.2, 0.25) is 0 Å². The van der Waals surface area contributed by atoms with Crippen LogP contribution >= 0.6 is 0 Å². The van der Waals surface area contributed by atoms with Gasteiger partial charge in [-0.2, -0.15) is 0 Å². The van der Waals surface area contributed by atoms with Crippen molar-refractivity contribution in [3.05, 3.63) is 48.3 Å². The van der Waals surface area contributed by atoms with Gasteiger partial charge in [0.1, 0.15) is 11.6 Å². The molecule has 3 aromatic rings. The largest absolute Gasteiger partial charge is 0.495 e. The van der Waals surface area contributed by atoms with E-state index >= 15 is 0 Å². The molecule has 170 valence electrons. The Morgan fingerprint density at radius 3 is 2.66 bits per heavy atom. The molecule has 2 aromatic heterocycles. The van der Waals surface area contributed by atoms with E-state index in [0.29, 0.717) is 30.4 Å². The van der Waals surface area contributed by atoms with Crippen LogP contribution in [0, 0.1) is 5.92 Å². The number of hydrogen-bond donors (Lipinski definition) is 1. The third-order valence-corrected chi connectivity index (χ3v) is 6.16. The number of anilines is 2. The molecule has 0 spiro atoms. The molecular formula is C25H32N4O3. The second kappa shape index (κ2) is 9.94. The minimum absolute atomic E-state index is 0.264. The Morgan fingerprint density at radius 2 is 1.91 bits per heavy atom. The van der Waals surface area contributed by atoms with Crippen molar-refractivity contribution in [3.63, 3.8) is 0 Å². The summed E-state index contributed by atoms with van der Waals surface area (Å²) in [6.45, 7) is 2.76. The molecule has 7 heteroatoms. The number of methoxy groups -OCH3 is 1. The number of urea groups is 1. The lowest BCUT2D eigenvalue weighted by Crippen LogP contribution is -2.32. The second-order valence-corrected chi connectivity index (χ2v) is 8.31. The Labute approximate surface area is 189 Å². The normalized spacial score (nSPS) is 14.3. The molecule has 0 aliphatic heterocycles. The molecule has 1 saturated carbocycles. The summed E-state index contributed by atoms with van der Waals surface area (Å²) in [5.74, 6) is 2.72. The number of para-hydroxylation sites is 2.